The third-order valence-electron chi connectivity index (χ3n) is 5.99. The van der Waals surface area contributed by atoms with Crippen LogP contribution in [0, 0.1) is 6.92 Å². The van der Waals surface area contributed by atoms with E-state index in [4.69, 9.17) is 4.98 Å². The standard InChI is InChI=1S/C22H30N6O3S/c1-17-16-20(24-22(23-17)28-10-4-5-11-28)26-12-14-27(15-13-26)21(29)18-6-8-19(9-7-18)32(30,31)25(2)3/h6-9,16H,4-5,10-15H2,1-3H3. The summed E-state index contributed by atoms with van der Waals surface area (Å²) < 4.78 is 25.6. The van der Waals surface area contributed by atoms with Crippen molar-refractivity contribution in [1.82, 2.24) is 19.2 Å². The molecule has 10 heteroatoms. The van der Waals surface area contributed by atoms with E-state index in [1.54, 1.807) is 17.0 Å². The number of aryl methyl sites for hydroxylation is 1. The largest absolute Gasteiger partial charge is 0.353 e. The van der Waals surface area contributed by atoms with Crippen LogP contribution in [0.3, 0.4) is 0 Å². The second-order valence-corrected chi connectivity index (χ2v) is 10.6. The smallest absolute Gasteiger partial charge is 0.253 e. The molecule has 9 nitrogen and oxygen atoms in total. The Kier molecular flexibility index (Phi) is 6.34. The molecule has 2 aromatic rings. The average Bonchev–Trinajstić information content (AvgIpc) is 3.33. The number of amides is 1. The Morgan fingerprint density at radius 1 is 0.906 bits per heavy atom. The van der Waals surface area contributed by atoms with E-state index < -0.39 is 10.0 Å². The average molecular weight is 459 g/mol. The van der Waals surface area contributed by atoms with Crippen molar-refractivity contribution in [3.8, 4) is 0 Å². The van der Waals surface area contributed by atoms with E-state index in [9.17, 15) is 13.2 Å². The third kappa shape index (κ3) is 4.56. The molecule has 0 spiro atoms. The van der Waals surface area contributed by atoms with Gasteiger partial charge in [0.25, 0.3) is 5.91 Å². The van der Waals surface area contributed by atoms with Gasteiger partial charge in [-0.3, -0.25) is 4.79 Å². The van der Waals surface area contributed by atoms with E-state index in [-0.39, 0.29) is 10.8 Å². The molecule has 0 saturated carbocycles. The van der Waals surface area contributed by atoms with E-state index in [0.717, 1.165) is 34.9 Å². The van der Waals surface area contributed by atoms with Crippen molar-refractivity contribution >= 4 is 27.7 Å². The predicted octanol–water partition coefficient (Wildman–Crippen LogP) is 1.60. The van der Waals surface area contributed by atoms with Crippen molar-refractivity contribution in [3.05, 3.63) is 41.6 Å². The Morgan fingerprint density at radius 2 is 1.53 bits per heavy atom. The highest BCUT2D eigenvalue weighted by Gasteiger charge is 2.25. The molecule has 0 bridgehead atoms. The Morgan fingerprint density at radius 3 is 2.12 bits per heavy atom. The van der Waals surface area contributed by atoms with Gasteiger partial charge in [-0.15, -0.1) is 0 Å². The highest BCUT2D eigenvalue weighted by atomic mass is 32.2. The summed E-state index contributed by atoms with van der Waals surface area (Å²) in [6.07, 6.45) is 2.35. The summed E-state index contributed by atoms with van der Waals surface area (Å²) >= 11 is 0. The predicted molar refractivity (Wildman–Crippen MR) is 124 cm³/mol. The quantitative estimate of drug-likeness (QED) is 0.672. The molecule has 2 aliphatic heterocycles. The maximum Gasteiger partial charge on any atom is 0.253 e. The van der Waals surface area contributed by atoms with E-state index in [2.05, 4.69) is 14.8 Å². The van der Waals surface area contributed by atoms with E-state index in [1.165, 1.54) is 39.1 Å². The summed E-state index contributed by atoms with van der Waals surface area (Å²) in [4.78, 5) is 28.7. The van der Waals surface area contributed by atoms with Gasteiger partial charge in [0.1, 0.15) is 5.82 Å². The number of anilines is 2. The second kappa shape index (κ2) is 9.03. The lowest BCUT2D eigenvalue weighted by Crippen LogP contribution is -2.49. The van der Waals surface area contributed by atoms with Crippen molar-refractivity contribution in [1.29, 1.82) is 0 Å². The molecule has 2 fully saturated rings. The minimum absolute atomic E-state index is 0.0879. The Hall–Kier alpha value is -2.72. The fourth-order valence-corrected chi connectivity index (χ4v) is 4.96. The molecule has 0 unspecified atom stereocenters. The molecule has 1 aromatic carbocycles. The first kappa shape index (κ1) is 22.5. The molecule has 172 valence electrons. The lowest BCUT2D eigenvalue weighted by atomic mass is 10.2. The first-order valence-electron chi connectivity index (χ1n) is 10.9. The summed E-state index contributed by atoms with van der Waals surface area (Å²) in [5.74, 6) is 1.61. The van der Waals surface area contributed by atoms with Crippen LogP contribution in [0.2, 0.25) is 0 Å². The number of sulfonamides is 1. The lowest BCUT2D eigenvalue weighted by molar-refractivity contribution is 0.0746. The number of aromatic nitrogens is 2. The molecular formula is C22H30N6O3S. The van der Waals surface area contributed by atoms with Gasteiger partial charge in [-0.05, 0) is 44.0 Å². The molecular weight excluding hydrogens is 428 g/mol. The van der Waals surface area contributed by atoms with Crippen LogP contribution >= 0.6 is 0 Å². The number of piperazine rings is 1. The number of rotatable bonds is 5. The maximum atomic E-state index is 12.9. The van der Waals surface area contributed by atoms with Gasteiger partial charge in [0.15, 0.2) is 0 Å². The number of carbonyl (C=O) groups excluding carboxylic acids is 1. The van der Waals surface area contributed by atoms with Gasteiger partial charge in [-0.2, -0.15) is 4.98 Å². The van der Waals surface area contributed by atoms with Crippen molar-refractivity contribution in [2.45, 2.75) is 24.7 Å². The maximum absolute atomic E-state index is 12.9. The van der Waals surface area contributed by atoms with Crippen LogP contribution < -0.4 is 9.80 Å². The lowest BCUT2D eigenvalue weighted by Gasteiger charge is -2.35. The number of hydrogen-bond donors (Lipinski definition) is 0. The van der Waals surface area contributed by atoms with Gasteiger partial charge in [-0.25, -0.2) is 17.7 Å². The highest BCUT2D eigenvalue weighted by molar-refractivity contribution is 7.89. The topological polar surface area (TPSA) is 90.0 Å². The van der Waals surface area contributed by atoms with Crippen LogP contribution in [0.4, 0.5) is 11.8 Å². The van der Waals surface area contributed by atoms with Gasteiger partial charge >= 0.3 is 0 Å². The van der Waals surface area contributed by atoms with Crippen LogP contribution in [0.1, 0.15) is 28.9 Å². The minimum Gasteiger partial charge on any atom is -0.353 e. The first-order chi connectivity index (χ1) is 15.3. The first-order valence-corrected chi connectivity index (χ1v) is 12.4. The molecule has 0 N–H and O–H groups in total. The number of carbonyl (C=O) groups is 1. The van der Waals surface area contributed by atoms with Crippen LogP contribution in [0.25, 0.3) is 0 Å². The van der Waals surface area contributed by atoms with Crippen molar-refractivity contribution < 1.29 is 13.2 Å². The normalized spacial score (nSPS) is 17.3. The zero-order valence-corrected chi connectivity index (χ0v) is 19.7. The molecule has 2 saturated heterocycles. The molecule has 0 radical (unpaired) electrons. The molecule has 2 aliphatic rings. The van der Waals surface area contributed by atoms with E-state index in [1.807, 2.05) is 13.0 Å². The zero-order valence-electron chi connectivity index (χ0n) is 18.9. The van der Waals surface area contributed by atoms with Gasteiger partial charge in [0.2, 0.25) is 16.0 Å². The molecule has 0 atom stereocenters. The van der Waals surface area contributed by atoms with Crippen LogP contribution in [0.5, 0.6) is 0 Å². The minimum atomic E-state index is -3.51. The Labute approximate surface area is 189 Å². The highest BCUT2D eigenvalue weighted by Crippen LogP contribution is 2.22. The molecule has 4 rings (SSSR count). The summed E-state index contributed by atoms with van der Waals surface area (Å²) in [6, 6.07) is 8.15. The molecule has 0 aliphatic carbocycles. The summed E-state index contributed by atoms with van der Waals surface area (Å²) in [6.45, 7) is 6.53. The summed E-state index contributed by atoms with van der Waals surface area (Å²) in [5, 5.41) is 0. The van der Waals surface area contributed by atoms with Crippen LogP contribution in [-0.2, 0) is 10.0 Å². The number of nitrogens with zero attached hydrogens (tertiary/aromatic N) is 6. The van der Waals surface area contributed by atoms with Crippen molar-refractivity contribution in [3.63, 3.8) is 0 Å². The SMILES string of the molecule is Cc1cc(N2CCN(C(=O)c3ccc(S(=O)(=O)N(C)C)cc3)CC2)nc(N2CCCC2)n1. The van der Waals surface area contributed by atoms with Gasteiger partial charge in [0.05, 0.1) is 4.90 Å². The summed E-state index contributed by atoms with van der Waals surface area (Å²) in [7, 11) is -0.535. The van der Waals surface area contributed by atoms with Crippen molar-refractivity contribution in [2.75, 3.05) is 63.2 Å². The second-order valence-electron chi connectivity index (χ2n) is 8.45. The fraction of sp³-hybridized carbons (Fsp3) is 0.500. The molecule has 1 aromatic heterocycles. The van der Waals surface area contributed by atoms with Gasteiger partial charge in [0, 0.05) is 70.7 Å². The monoisotopic (exact) mass is 458 g/mol. The van der Waals surface area contributed by atoms with E-state index in [0.29, 0.717) is 31.7 Å². The van der Waals surface area contributed by atoms with Gasteiger partial charge < -0.3 is 14.7 Å². The zero-order chi connectivity index (χ0) is 22.9. The number of benzene rings is 1. The molecule has 3 heterocycles. The summed E-state index contributed by atoms with van der Waals surface area (Å²) in [5.41, 5.74) is 1.44. The molecule has 1 amide bonds. The Bertz CT molecular complexity index is 1070. The fourth-order valence-electron chi connectivity index (χ4n) is 4.06. The third-order valence-corrected chi connectivity index (χ3v) is 7.82. The Balaban J connectivity index is 1.41. The van der Waals surface area contributed by atoms with Crippen LogP contribution in [0.15, 0.2) is 35.2 Å². The van der Waals surface area contributed by atoms with Gasteiger partial charge in [-0.1, -0.05) is 0 Å². The van der Waals surface area contributed by atoms with Crippen LogP contribution in [-0.4, -0.2) is 86.9 Å². The van der Waals surface area contributed by atoms with Crippen molar-refractivity contribution in [2.24, 2.45) is 0 Å². The number of hydrogen-bond acceptors (Lipinski definition) is 7. The van der Waals surface area contributed by atoms with E-state index >= 15 is 0 Å². The molecule has 32 heavy (non-hydrogen) atoms.